The molecule has 0 bridgehead atoms. The van der Waals surface area contributed by atoms with Gasteiger partial charge in [-0.2, -0.15) is 0 Å². The van der Waals surface area contributed by atoms with E-state index < -0.39 is 5.97 Å². The summed E-state index contributed by atoms with van der Waals surface area (Å²) in [4.78, 5) is 12.3. The molecule has 76 valence electrons. The van der Waals surface area contributed by atoms with E-state index in [1.165, 1.54) is 6.08 Å². The lowest BCUT2D eigenvalue weighted by molar-refractivity contribution is -0.131. The van der Waals surface area contributed by atoms with Gasteiger partial charge in [0.25, 0.3) is 0 Å². The Kier molecular flexibility index (Phi) is 5.39. The van der Waals surface area contributed by atoms with E-state index >= 15 is 0 Å². The van der Waals surface area contributed by atoms with E-state index in [1.807, 2.05) is 19.0 Å². The van der Waals surface area contributed by atoms with Gasteiger partial charge in [-0.3, -0.25) is 0 Å². The molecule has 1 atom stereocenters. The van der Waals surface area contributed by atoms with Gasteiger partial charge in [-0.05, 0) is 26.4 Å². The summed E-state index contributed by atoms with van der Waals surface area (Å²) in [6.07, 6.45) is 3.94. The lowest BCUT2D eigenvalue weighted by atomic mass is 10.0. The molecule has 0 fully saturated rings. The van der Waals surface area contributed by atoms with Crippen molar-refractivity contribution in [2.75, 3.05) is 14.1 Å². The van der Waals surface area contributed by atoms with Crippen molar-refractivity contribution < 1.29 is 9.90 Å². The number of carbonyl (C=O) groups is 1. The molecule has 0 aliphatic carbocycles. The fourth-order valence-corrected chi connectivity index (χ4v) is 1.14. The Bertz CT molecular complexity index is 185. The molecule has 0 heterocycles. The van der Waals surface area contributed by atoms with Crippen LogP contribution in [0.15, 0.2) is 12.2 Å². The molecular formula is C10H19NO2. The van der Waals surface area contributed by atoms with E-state index in [9.17, 15) is 4.79 Å². The second-order valence-electron chi connectivity index (χ2n) is 3.86. The largest absolute Gasteiger partial charge is 0.478 e. The highest BCUT2D eigenvalue weighted by atomic mass is 16.4. The van der Waals surface area contributed by atoms with Crippen LogP contribution in [-0.2, 0) is 4.79 Å². The minimum absolute atomic E-state index is 0.219. The van der Waals surface area contributed by atoms with Crippen LogP contribution >= 0.6 is 0 Å². The number of nitrogens with zero attached hydrogens (tertiary/aromatic N) is 1. The Labute approximate surface area is 80.0 Å². The van der Waals surface area contributed by atoms with E-state index in [-0.39, 0.29) is 6.04 Å². The molecule has 0 aromatic rings. The van der Waals surface area contributed by atoms with Gasteiger partial charge >= 0.3 is 5.97 Å². The first kappa shape index (κ1) is 12.2. The molecule has 0 aliphatic heterocycles. The summed E-state index contributed by atoms with van der Waals surface area (Å²) in [5.74, 6) is -0.304. The first-order valence-electron chi connectivity index (χ1n) is 4.51. The minimum atomic E-state index is -0.879. The average molecular weight is 185 g/mol. The van der Waals surface area contributed by atoms with Crippen LogP contribution in [0.25, 0.3) is 0 Å². The lowest BCUT2D eigenvalue weighted by Crippen LogP contribution is -2.27. The van der Waals surface area contributed by atoms with Gasteiger partial charge in [0.1, 0.15) is 0 Å². The number of carboxylic acids is 1. The van der Waals surface area contributed by atoms with Gasteiger partial charge in [0.05, 0.1) is 0 Å². The van der Waals surface area contributed by atoms with Gasteiger partial charge in [-0.25, -0.2) is 4.79 Å². The number of rotatable bonds is 5. The number of hydrogen-bond donors (Lipinski definition) is 1. The first-order valence-corrected chi connectivity index (χ1v) is 4.51. The quantitative estimate of drug-likeness (QED) is 0.661. The second kappa shape index (κ2) is 5.75. The van der Waals surface area contributed by atoms with Gasteiger partial charge in [0, 0.05) is 12.1 Å². The van der Waals surface area contributed by atoms with Crippen LogP contribution in [0.1, 0.15) is 20.3 Å². The smallest absolute Gasteiger partial charge is 0.328 e. The van der Waals surface area contributed by atoms with Gasteiger partial charge in [0.15, 0.2) is 0 Å². The summed E-state index contributed by atoms with van der Waals surface area (Å²) in [6, 6.07) is 0.219. The maximum absolute atomic E-state index is 10.3. The zero-order valence-electron chi connectivity index (χ0n) is 8.82. The van der Waals surface area contributed by atoms with E-state index in [2.05, 4.69) is 13.8 Å². The summed E-state index contributed by atoms with van der Waals surface area (Å²) in [5, 5.41) is 8.47. The van der Waals surface area contributed by atoms with Crippen molar-refractivity contribution >= 4 is 5.97 Å². The van der Waals surface area contributed by atoms with E-state index in [1.54, 1.807) is 6.08 Å². The zero-order chi connectivity index (χ0) is 10.4. The number of likely N-dealkylation sites (N-methyl/N-ethyl adjacent to an activating group) is 1. The van der Waals surface area contributed by atoms with Crippen molar-refractivity contribution in [3.05, 3.63) is 12.2 Å². The van der Waals surface area contributed by atoms with E-state index in [4.69, 9.17) is 5.11 Å². The highest BCUT2D eigenvalue weighted by Crippen LogP contribution is 2.09. The lowest BCUT2D eigenvalue weighted by Gasteiger charge is -2.22. The van der Waals surface area contributed by atoms with Crippen molar-refractivity contribution in [2.24, 2.45) is 5.92 Å². The molecule has 0 spiro atoms. The van der Waals surface area contributed by atoms with E-state index in [0.717, 1.165) is 6.42 Å². The summed E-state index contributed by atoms with van der Waals surface area (Å²) >= 11 is 0. The fourth-order valence-electron chi connectivity index (χ4n) is 1.14. The maximum atomic E-state index is 10.3. The van der Waals surface area contributed by atoms with Crippen LogP contribution in [0.5, 0.6) is 0 Å². The van der Waals surface area contributed by atoms with Crippen LogP contribution in [-0.4, -0.2) is 36.1 Å². The van der Waals surface area contributed by atoms with Crippen LogP contribution in [0, 0.1) is 5.92 Å². The molecule has 0 aromatic heterocycles. The molecule has 1 unspecified atom stereocenters. The molecule has 3 heteroatoms. The van der Waals surface area contributed by atoms with Gasteiger partial charge in [-0.15, -0.1) is 0 Å². The standard InChI is InChI=1S/C10H19NO2/c1-8(2)7-9(11(3)4)5-6-10(12)13/h5-6,8-9H,7H2,1-4H3,(H,12,13)/b6-5+. The minimum Gasteiger partial charge on any atom is -0.478 e. The fraction of sp³-hybridized carbons (Fsp3) is 0.700. The molecule has 0 aromatic carbocycles. The Balaban J connectivity index is 4.17. The topological polar surface area (TPSA) is 40.5 Å². The van der Waals surface area contributed by atoms with Crippen LogP contribution in [0.4, 0.5) is 0 Å². The Morgan fingerprint density at radius 3 is 2.31 bits per heavy atom. The highest BCUT2D eigenvalue weighted by Gasteiger charge is 2.09. The molecule has 0 aliphatic rings. The Morgan fingerprint density at radius 2 is 2.00 bits per heavy atom. The molecule has 0 saturated heterocycles. The third-order valence-corrected chi connectivity index (χ3v) is 1.84. The van der Waals surface area contributed by atoms with Crippen molar-refractivity contribution in [1.29, 1.82) is 0 Å². The third-order valence-electron chi connectivity index (χ3n) is 1.84. The van der Waals surface area contributed by atoms with Gasteiger partial charge < -0.3 is 10.0 Å². The predicted octanol–water partition coefficient (Wildman–Crippen LogP) is 1.60. The number of carboxylic acid groups (broad SMARTS) is 1. The molecule has 0 rings (SSSR count). The van der Waals surface area contributed by atoms with Gasteiger partial charge in [-0.1, -0.05) is 19.9 Å². The maximum Gasteiger partial charge on any atom is 0.328 e. The summed E-state index contributed by atoms with van der Waals surface area (Å²) in [7, 11) is 3.92. The molecule has 3 nitrogen and oxygen atoms in total. The first-order chi connectivity index (χ1) is 5.93. The molecular weight excluding hydrogens is 166 g/mol. The highest BCUT2D eigenvalue weighted by molar-refractivity contribution is 5.79. The number of aliphatic carboxylic acids is 1. The average Bonchev–Trinajstić information content (AvgIpc) is 1.96. The molecule has 0 amide bonds. The second-order valence-corrected chi connectivity index (χ2v) is 3.86. The molecule has 0 radical (unpaired) electrons. The van der Waals surface area contributed by atoms with Crippen molar-refractivity contribution in [1.82, 2.24) is 4.90 Å². The Morgan fingerprint density at radius 1 is 1.46 bits per heavy atom. The third kappa shape index (κ3) is 6.34. The molecule has 1 N–H and O–H groups in total. The van der Waals surface area contributed by atoms with E-state index in [0.29, 0.717) is 5.92 Å². The van der Waals surface area contributed by atoms with Gasteiger partial charge in [0.2, 0.25) is 0 Å². The normalized spacial score (nSPS) is 14.3. The Hall–Kier alpha value is -0.830. The monoisotopic (exact) mass is 185 g/mol. The van der Waals surface area contributed by atoms with Crippen LogP contribution in [0.2, 0.25) is 0 Å². The van der Waals surface area contributed by atoms with Crippen molar-refractivity contribution in [3.63, 3.8) is 0 Å². The zero-order valence-corrected chi connectivity index (χ0v) is 8.82. The molecule has 13 heavy (non-hydrogen) atoms. The predicted molar refractivity (Wildman–Crippen MR) is 53.7 cm³/mol. The summed E-state index contributed by atoms with van der Waals surface area (Å²) < 4.78 is 0. The summed E-state index contributed by atoms with van der Waals surface area (Å²) in [5.41, 5.74) is 0. The molecule has 0 saturated carbocycles. The van der Waals surface area contributed by atoms with Crippen molar-refractivity contribution in [2.45, 2.75) is 26.3 Å². The van der Waals surface area contributed by atoms with Crippen LogP contribution in [0.3, 0.4) is 0 Å². The number of hydrogen-bond acceptors (Lipinski definition) is 2. The van der Waals surface area contributed by atoms with Crippen molar-refractivity contribution in [3.8, 4) is 0 Å². The SMILES string of the molecule is CC(C)CC(/C=C/C(=O)O)N(C)C. The summed E-state index contributed by atoms with van der Waals surface area (Å²) in [6.45, 7) is 4.26. The van der Waals surface area contributed by atoms with Crippen LogP contribution < -0.4 is 0 Å².